The molecular weight excluding hydrogens is 222 g/mol. The van der Waals surface area contributed by atoms with Gasteiger partial charge in [-0.2, -0.15) is 5.26 Å². The topological polar surface area (TPSA) is 88.2 Å². The van der Waals surface area contributed by atoms with Crippen LogP contribution in [0.15, 0.2) is 18.2 Å². The lowest BCUT2D eigenvalue weighted by Gasteiger charge is -2.06. The number of hydrogen-bond donors (Lipinski definition) is 1. The van der Waals surface area contributed by atoms with Crippen molar-refractivity contribution in [3.8, 4) is 6.07 Å². The molecule has 0 bridgehead atoms. The van der Waals surface area contributed by atoms with Crippen LogP contribution in [0.3, 0.4) is 0 Å². The highest BCUT2D eigenvalue weighted by Gasteiger charge is 2.13. The van der Waals surface area contributed by atoms with Crippen molar-refractivity contribution in [3.05, 3.63) is 33.9 Å². The number of methoxy groups -OCH3 is 1. The summed E-state index contributed by atoms with van der Waals surface area (Å²) in [6.45, 7) is 1.29. The number of nitriles is 1. The summed E-state index contributed by atoms with van der Waals surface area (Å²) >= 11 is 0. The Hall–Kier alpha value is -2.13. The van der Waals surface area contributed by atoms with Crippen molar-refractivity contribution in [2.24, 2.45) is 0 Å². The highest BCUT2D eigenvalue weighted by atomic mass is 16.6. The molecule has 0 fully saturated rings. The summed E-state index contributed by atoms with van der Waals surface area (Å²) in [5, 5.41) is 22.5. The number of anilines is 1. The number of ether oxygens (including phenoxy) is 1. The summed E-state index contributed by atoms with van der Waals surface area (Å²) in [4.78, 5) is 10.2. The first-order valence-corrected chi connectivity index (χ1v) is 5.10. The third-order valence-electron chi connectivity index (χ3n) is 2.17. The van der Waals surface area contributed by atoms with Gasteiger partial charge in [-0.15, -0.1) is 0 Å². The van der Waals surface area contributed by atoms with E-state index in [4.69, 9.17) is 10.00 Å². The average molecular weight is 235 g/mol. The summed E-state index contributed by atoms with van der Waals surface area (Å²) in [6, 6.07) is 6.25. The van der Waals surface area contributed by atoms with Gasteiger partial charge in [-0.05, 0) is 18.6 Å². The number of hydrogen-bond acceptors (Lipinski definition) is 5. The van der Waals surface area contributed by atoms with Crippen LogP contribution < -0.4 is 5.32 Å². The van der Waals surface area contributed by atoms with E-state index in [1.54, 1.807) is 19.2 Å². The Morgan fingerprint density at radius 3 is 2.94 bits per heavy atom. The molecule has 6 nitrogen and oxygen atoms in total. The van der Waals surface area contributed by atoms with Gasteiger partial charge in [-0.3, -0.25) is 10.1 Å². The van der Waals surface area contributed by atoms with Crippen LogP contribution in [0, 0.1) is 21.4 Å². The summed E-state index contributed by atoms with van der Waals surface area (Å²) < 4.78 is 4.89. The predicted octanol–water partition coefficient (Wildman–Crippen LogP) is 1.91. The van der Waals surface area contributed by atoms with Crippen LogP contribution in [0.4, 0.5) is 11.4 Å². The van der Waals surface area contributed by atoms with Gasteiger partial charge in [0.05, 0.1) is 4.92 Å². The molecule has 0 aliphatic rings. The molecule has 0 heterocycles. The third kappa shape index (κ3) is 3.74. The summed E-state index contributed by atoms with van der Waals surface area (Å²) in [6.07, 6.45) is 0.810. The van der Waals surface area contributed by atoms with Gasteiger partial charge < -0.3 is 10.1 Å². The second-order valence-corrected chi connectivity index (χ2v) is 3.37. The number of nitro groups is 1. The van der Waals surface area contributed by atoms with Crippen molar-refractivity contribution >= 4 is 11.4 Å². The van der Waals surface area contributed by atoms with Gasteiger partial charge in [0.1, 0.15) is 11.6 Å². The molecule has 0 unspecified atom stereocenters. The first-order chi connectivity index (χ1) is 8.19. The molecular formula is C11H13N3O3. The highest BCUT2D eigenvalue weighted by Crippen LogP contribution is 2.22. The van der Waals surface area contributed by atoms with Crippen LogP contribution in [0.25, 0.3) is 0 Å². The van der Waals surface area contributed by atoms with Crippen molar-refractivity contribution in [2.45, 2.75) is 6.42 Å². The first-order valence-electron chi connectivity index (χ1n) is 5.10. The molecule has 6 heteroatoms. The number of nitrogens with zero attached hydrogens (tertiary/aromatic N) is 2. The Kier molecular flexibility index (Phi) is 4.91. The second kappa shape index (κ2) is 6.45. The first kappa shape index (κ1) is 12.9. The van der Waals surface area contributed by atoms with Crippen LogP contribution in [-0.4, -0.2) is 25.2 Å². The Balaban J connectivity index is 2.72. The lowest BCUT2D eigenvalue weighted by Crippen LogP contribution is -2.05. The lowest BCUT2D eigenvalue weighted by atomic mass is 10.2. The molecule has 1 rings (SSSR count). The van der Waals surface area contributed by atoms with Gasteiger partial charge in [0.25, 0.3) is 5.69 Å². The largest absolute Gasteiger partial charge is 0.385 e. The molecule has 0 aromatic heterocycles. The number of rotatable bonds is 6. The van der Waals surface area contributed by atoms with Crippen molar-refractivity contribution in [2.75, 3.05) is 25.6 Å². The normalized spacial score (nSPS) is 9.65. The zero-order valence-electron chi connectivity index (χ0n) is 9.47. The zero-order chi connectivity index (χ0) is 12.7. The Morgan fingerprint density at radius 2 is 2.35 bits per heavy atom. The molecule has 0 spiro atoms. The van der Waals surface area contributed by atoms with Crippen LogP contribution >= 0.6 is 0 Å². The summed E-state index contributed by atoms with van der Waals surface area (Å²) in [7, 11) is 1.62. The molecule has 0 aliphatic carbocycles. The maximum Gasteiger partial charge on any atom is 0.289 e. The molecule has 1 N–H and O–H groups in total. The molecule has 1 aromatic rings. The van der Waals surface area contributed by atoms with E-state index in [9.17, 15) is 10.1 Å². The smallest absolute Gasteiger partial charge is 0.289 e. The fraction of sp³-hybridized carbons (Fsp3) is 0.364. The van der Waals surface area contributed by atoms with E-state index in [2.05, 4.69) is 5.32 Å². The van der Waals surface area contributed by atoms with Gasteiger partial charge in [-0.25, -0.2) is 0 Å². The van der Waals surface area contributed by atoms with E-state index in [-0.39, 0.29) is 11.3 Å². The van der Waals surface area contributed by atoms with E-state index < -0.39 is 4.92 Å². The van der Waals surface area contributed by atoms with Crippen molar-refractivity contribution in [1.82, 2.24) is 0 Å². The van der Waals surface area contributed by atoms with E-state index in [1.807, 2.05) is 0 Å². The Bertz CT molecular complexity index is 440. The second-order valence-electron chi connectivity index (χ2n) is 3.37. The maximum atomic E-state index is 10.7. The summed E-state index contributed by atoms with van der Waals surface area (Å²) in [5.41, 5.74) is 0.522. The van der Waals surface area contributed by atoms with Crippen LogP contribution in [0.1, 0.15) is 12.0 Å². The van der Waals surface area contributed by atoms with Gasteiger partial charge in [-0.1, -0.05) is 0 Å². The Labute approximate surface area is 99.0 Å². The molecule has 90 valence electrons. The van der Waals surface area contributed by atoms with Crippen LogP contribution in [0.2, 0.25) is 0 Å². The molecule has 0 aliphatic heterocycles. The van der Waals surface area contributed by atoms with Crippen molar-refractivity contribution in [1.29, 1.82) is 5.26 Å². The molecule has 0 amide bonds. The fourth-order valence-corrected chi connectivity index (χ4v) is 1.34. The van der Waals surface area contributed by atoms with Gasteiger partial charge >= 0.3 is 0 Å². The van der Waals surface area contributed by atoms with Gasteiger partial charge in [0.15, 0.2) is 0 Å². The van der Waals surface area contributed by atoms with Crippen molar-refractivity contribution < 1.29 is 9.66 Å². The molecule has 0 radical (unpaired) electrons. The standard InChI is InChI=1S/C11H13N3O3/c1-17-6-2-5-13-10-4-3-9(8-12)11(7-10)14(15)16/h3-4,7,13H,2,5-6H2,1H3. The maximum absolute atomic E-state index is 10.7. The Morgan fingerprint density at radius 1 is 1.59 bits per heavy atom. The molecule has 0 atom stereocenters. The fourth-order valence-electron chi connectivity index (χ4n) is 1.34. The highest BCUT2D eigenvalue weighted by molar-refractivity contribution is 5.59. The molecule has 17 heavy (non-hydrogen) atoms. The lowest BCUT2D eigenvalue weighted by molar-refractivity contribution is -0.385. The SMILES string of the molecule is COCCCNc1ccc(C#N)c([N+](=O)[O-])c1. The van der Waals surface area contributed by atoms with Gasteiger partial charge in [0.2, 0.25) is 0 Å². The minimum absolute atomic E-state index is 0.0671. The van der Waals surface area contributed by atoms with E-state index in [1.165, 1.54) is 12.1 Å². The quantitative estimate of drug-likeness (QED) is 0.462. The molecule has 0 saturated carbocycles. The van der Waals surface area contributed by atoms with E-state index in [0.29, 0.717) is 18.8 Å². The van der Waals surface area contributed by atoms with Gasteiger partial charge in [0, 0.05) is 32.0 Å². The number of benzene rings is 1. The minimum atomic E-state index is -0.557. The van der Waals surface area contributed by atoms with Crippen LogP contribution in [0.5, 0.6) is 0 Å². The molecule has 0 saturated heterocycles. The monoisotopic (exact) mass is 235 g/mol. The van der Waals surface area contributed by atoms with Crippen molar-refractivity contribution in [3.63, 3.8) is 0 Å². The van der Waals surface area contributed by atoms with E-state index in [0.717, 1.165) is 6.42 Å². The average Bonchev–Trinajstić information content (AvgIpc) is 2.34. The molecule has 1 aromatic carbocycles. The number of nitrogens with one attached hydrogen (secondary N) is 1. The van der Waals surface area contributed by atoms with E-state index >= 15 is 0 Å². The van der Waals surface area contributed by atoms with Crippen LogP contribution in [-0.2, 0) is 4.74 Å². The third-order valence-corrected chi connectivity index (χ3v) is 2.17. The summed E-state index contributed by atoms with van der Waals surface area (Å²) in [5.74, 6) is 0. The minimum Gasteiger partial charge on any atom is -0.385 e. The predicted molar refractivity (Wildman–Crippen MR) is 62.8 cm³/mol. The number of nitro benzene ring substituents is 1. The zero-order valence-corrected chi connectivity index (χ0v) is 9.47.